The third-order valence-corrected chi connectivity index (χ3v) is 4.63. The van der Waals surface area contributed by atoms with Gasteiger partial charge in [-0.15, -0.1) is 0 Å². The SMILES string of the molecule is CC(C)CSCCC(NC(C)C)(C(=O)O)c1ccccc1. The zero-order chi connectivity index (χ0) is 15.9. The van der Waals surface area contributed by atoms with Crippen LogP contribution in [-0.4, -0.2) is 28.6 Å². The number of aliphatic carboxylic acids is 1. The summed E-state index contributed by atoms with van der Waals surface area (Å²) in [4.78, 5) is 12.0. The van der Waals surface area contributed by atoms with Crippen molar-refractivity contribution in [3.05, 3.63) is 35.9 Å². The van der Waals surface area contributed by atoms with E-state index < -0.39 is 11.5 Å². The lowest BCUT2D eigenvalue weighted by atomic mass is 9.86. The second kappa shape index (κ2) is 8.44. The van der Waals surface area contributed by atoms with Gasteiger partial charge in [0.15, 0.2) is 0 Å². The van der Waals surface area contributed by atoms with Gasteiger partial charge in [-0.05, 0) is 43.3 Å². The van der Waals surface area contributed by atoms with Gasteiger partial charge in [0, 0.05) is 6.04 Å². The molecule has 1 atom stereocenters. The molecule has 1 unspecified atom stereocenters. The fourth-order valence-corrected chi connectivity index (χ4v) is 3.44. The summed E-state index contributed by atoms with van der Waals surface area (Å²) in [6.07, 6.45) is 0.585. The Morgan fingerprint density at radius 3 is 2.33 bits per heavy atom. The molecule has 3 nitrogen and oxygen atoms in total. The van der Waals surface area contributed by atoms with E-state index in [1.165, 1.54) is 0 Å². The molecule has 0 aliphatic heterocycles. The molecule has 0 radical (unpaired) electrons. The first kappa shape index (κ1) is 18.1. The number of nitrogens with one attached hydrogen (secondary N) is 1. The van der Waals surface area contributed by atoms with E-state index in [0.717, 1.165) is 17.1 Å². The molecule has 0 bridgehead atoms. The molecule has 0 aliphatic carbocycles. The van der Waals surface area contributed by atoms with E-state index in [1.807, 2.05) is 55.9 Å². The van der Waals surface area contributed by atoms with E-state index in [-0.39, 0.29) is 6.04 Å². The summed E-state index contributed by atoms with van der Waals surface area (Å²) in [5, 5.41) is 13.1. The van der Waals surface area contributed by atoms with Gasteiger partial charge in [-0.3, -0.25) is 5.32 Å². The van der Waals surface area contributed by atoms with E-state index in [2.05, 4.69) is 19.2 Å². The highest BCUT2D eigenvalue weighted by Crippen LogP contribution is 2.28. The number of carboxylic acids is 1. The first-order valence-corrected chi connectivity index (χ1v) is 8.68. The third-order valence-electron chi connectivity index (χ3n) is 3.24. The predicted molar refractivity (Wildman–Crippen MR) is 90.8 cm³/mol. The van der Waals surface area contributed by atoms with Crippen LogP contribution in [0.5, 0.6) is 0 Å². The highest BCUT2D eigenvalue weighted by molar-refractivity contribution is 7.99. The van der Waals surface area contributed by atoms with Gasteiger partial charge in [-0.1, -0.05) is 44.2 Å². The van der Waals surface area contributed by atoms with Crippen LogP contribution in [0.1, 0.15) is 39.7 Å². The second-order valence-corrected chi connectivity index (χ2v) is 7.24. The van der Waals surface area contributed by atoms with Crippen molar-refractivity contribution >= 4 is 17.7 Å². The van der Waals surface area contributed by atoms with Crippen molar-refractivity contribution in [3.8, 4) is 0 Å². The van der Waals surface area contributed by atoms with Crippen LogP contribution in [0, 0.1) is 5.92 Å². The Labute approximate surface area is 132 Å². The van der Waals surface area contributed by atoms with E-state index in [9.17, 15) is 9.90 Å². The molecule has 0 spiro atoms. The summed E-state index contributed by atoms with van der Waals surface area (Å²) in [6.45, 7) is 8.34. The maximum absolute atomic E-state index is 12.0. The highest BCUT2D eigenvalue weighted by atomic mass is 32.2. The van der Waals surface area contributed by atoms with E-state index >= 15 is 0 Å². The largest absolute Gasteiger partial charge is 0.480 e. The van der Waals surface area contributed by atoms with Crippen molar-refractivity contribution in [1.82, 2.24) is 5.32 Å². The van der Waals surface area contributed by atoms with Crippen molar-refractivity contribution < 1.29 is 9.90 Å². The molecule has 0 aliphatic rings. The van der Waals surface area contributed by atoms with E-state index in [0.29, 0.717) is 12.3 Å². The Bertz CT molecular complexity index is 434. The Morgan fingerprint density at radius 1 is 1.24 bits per heavy atom. The van der Waals surface area contributed by atoms with Gasteiger partial charge in [-0.2, -0.15) is 11.8 Å². The fourth-order valence-electron chi connectivity index (χ4n) is 2.35. The lowest BCUT2D eigenvalue weighted by Gasteiger charge is -2.33. The number of thioether (sulfide) groups is 1. The Balaban J connectivity index is 2.94. The molecule has 1 aromatic rings. The number of rotatable bonds is 9. The molecule has 0 saturated carbocycles. The smallest absolute Gasteiger partial charge is 0.328 e. The molecule has 118 valence electrons. The molecule has 1 rings (SSSR count). The van der Waals surface area contributed by atoms with Crippen LogP contribution in [0.15, 0.2) is 30.3 Å². The zero-order valence-corrected chi connectivity index (χ0v) is 14.2. The first-order valence-electron chi connectivity index (χ1n) is 7.53. The Kier molecular flexibility index (Phi) is 7.26. The average Bonchev–Trinajstić information content (AvgIpc) is 2.42. The quantitative estimate of drug-likeness (QED) is 0.682. The average molecular weight is 309 g/mol. The minimum Gasteiger partial charge on any atom is -0.480 e. The van der Waals surface area contributed by atoms with Crippen molar-refractivity contribution in [3.63, 3.8) is 0 Å². The van der Waals surface area contributed by atoms with Crippen LogP contribution in [0.3, 0.4) is 0 Å². The van der Waals surface area contributed by atoms with Gasteiger partial charge in [0.2, 0.25) is 0 Å². The van der Waals surface area contributed by atoms with Gasteiger partial charge >= 0.3 is 5.97 Å². The van der Waals surface area contributed by atoms with Crippen LogP contribution >= 0.6 is 11.8 Å². The van der Waals surface area contributed by atoms with Crippen molar-refractivity contribution in [2.24, 2.45) is 5.92 Å². The van der Waals surface area contributed by atoms with E-state index in [4.69, 9.17) is 0 Å². The Morgan fingerprint density at radius 2 is 1.86 bits per heavy atom. The highest BCUT2D eigenvalue weighted by Gasteiger charge is 2.40. The number of hydrogen-bond acceptors (Lipinski definition) is 3. The summed E-state index contributed by atoms with van der Waals surface area (Å²) in [5.74, 6) is 1.72. The third kappa shape index (κ3) is 5.36. The van der Waals surface area contributed by atoms with Crippen molar-refractivity contribution in [2.75, 3.05) is 11.5 Å². The van der Waals surface area contributed by atoms with Gasteiger partial charge in [-0.25, -0.2) is 4.79 Å². The summed E-state index contributed by atoms with van der Waals surface area (Å²) < 4.78 is 0. The molecule has 4 heteroatoms. The fraction of sp³-hybridized carbons (Fsp3) is 0.588. The van der Waals surface area contributed by atoms with Crippen LogP contribution in [0.4, 0.5) is 0 Å². The zero-order valence-electron chi connectivity index (χ0n) is 13.4. The van der Waals surface area contributed by atoms with Crippen LogP contribution in [0.2, 0.25) is 0 Å². The molecular formula is C17H27NO2S. The van der Waals surface area contributed by atoms with E-state index in [1.54, 1.807) is 0 Å². The molecular weight excluding hydrogens is 282 g/mol. The molecule has 0 saturated heterocycles. The summed E-state index contributed by atoms with van der Waals surface area (Å²) in [6, 6.07) is 9.62. The number of hydrogen-bond donors (Lipinski definition) is 2. The molecule has 0 aromatic heterocycles. The topological polar surface area (TPSA) is 49.3 Å². The minimum atomic E-state index is -1.00. The molecule has 2 N–H and O–H groups in total. The minimum absolute atomic E-state index is 0.108. The maximum Gasteiger partial charge on any atom is 0.328 e. The number of benzene rings is 1. The van der Waals surface area contributed by atoms with Crippen molar-refractivity contribution in [1.29, 1.82) is 0 Å². The number of carbonyl (C=O) groups is 1. The number of carboxylic acid groups (broad SMARTS) is 1. The van der Waals surface area contributed by atoms with Gasteiger partial charge in [0.05, 0.1) is 0 Å². The first-order chi connectivity index (χ1) is 9.88. The van der Waals surface area contributed by atoms with Gasteiger partial charge < -0.3 is 5.11 Å². The molecule has 1 aromatic carbocycles. The molecule has 0 fully saturated rings. The summed E-state index contributed by atoms with van der Waals surface area (Å²) in [7, 11) is 0. The van der Waals surface area contributed by atoms with Crippen molar-refractivity contribution in [2.45, 2.75) is 45.7 Å². The Hall–Kier alpha value is -1.00. The summed E-state index contributed by atoms with van der Waals surface area (Å²) in [5.41, 5.74) is -0.171. The lowest BCUT2D eigenvalue weighted by molar-refractivity contribution is -0.146. The standard InChI is InChI=1S/C17H27NO2S/c1-13(2)12-21-11-10-17(16(19)20,18-14(3)4)15-8-6-5-7-9-15/h5-9,13-14,18H,10-12H2,1-4H3,(H,19,20). The van der Waals surface area contributed by atoms with Gasteiger partial charge in [0.25, 0.3) is 0 Å². The molecule has 21 heavy (non-hydrogen) atoms. The lowest BCUT2D eigenvalue weighted by Crippen LogP contribution is -2.52. The maximum atomic E-state index is 12.0. The van der Waals surface area contributed by atoms with Crippen LogP contribution in [-0.2, 0) is 10.3 Å². The van der Waals surface area contributed by atoms with Crippen LogP contribution in [0.25, 0.3) is 0 Å². The molecule has 0 heterocycles. The second-order valence-electron chi connectivity index (χ2n) is 6.09. The summed E-state index contributed by atoms with van der Waals surface area (Å²) >= 11 is 1.82. The van der Waals surface area contributed by atoms with Gasteiger partial charge in [0.1, 0.15) is 5.54 Å². The predicted octanol–water partition coefficient (Wildman–Crippen LogP) is 3.74. The molecule has 0 amide bonds. The monoisotopic (exact) mass is 309 g/mol. The normalized spacial score (nSPS) is 14.4. The van der Waals surface area contributed by atoms with Crippen LogP contribution < -0.4 is 5.32 Å².